The zero-order valence-electron chi connectivity index (χ0n) is 13.7. The summed E-state index contributed by atoms with van der Waals surface area (Å²) >= 11 is 0. The van der Waals surface area contributed by atoms with Crippen molar-refractivity contribution in [3.63, 3.8) is 0 Å². The lowest BCUT2D eigenvalue weighted by Crippen LogP contribution is -2.24. The monoisotopic (exact) mass is 367 g/mol. The van der Waals surface area contributed by atoms with Crippen molar-refractivity contribution in [1.29, 1.82) is 0 Å². The largest absolute Gasteiger partial charge is 0.573 e. The Balaban J connectivity index is 2.09. The molecule has 26 heavy (non-hydrogen) atoms. The van der Waals surface area contributed by atoms with Crippen molar-refractivity contribution >= 4 is 17.6 Å². The first-order valence-corrected chi connectivity index (χ1v) is 7.37. The van der Waals surface area contributed by atoms with Gasteiger partial charge in [-0.1, -0.05) is 24.3 Å². The molecule has 2 aromatic rings. The highest BCUT2D eigenvalue weighted by Gasteiger charge is 2.32. The van der Waals surface area contributed by atoms with E-state index in [0.717, 1.165) is 6.07 Å². The topological polar surface area (TPSA) is 85.9 Å². The third-order valence-corrected chi connectivity index (χ3v) is 3.16. The molecule has 138 valence electrons. The van der Waals surface area contributed by atoms with Gasteiger partial charge in [0.1, 0.15) is 0 Å². The highest BCUT2D eigenvalue weighted by molar-refractivity contribution is 5.93. The lowest BCUT2D eigenvalue weighted by molar-refractivity contribution is -0.274. The minimum absolute atomic E-state index is 0.0226. The third-order valence-electron chi connectivity index (χ3n) is 3.16. The first-order chi connectivity index (χ1) is 12.3. The molecule has 0 amide bonds. The summed E-state index contributed by atoms with van der Waals surface area (Å²) in [6, 6.07) is 12.0. The number of guanidine groups is 1. The number of ether oxygens (including phenoxy) is 2. The van der Waals surface area contributed by atoms with E-state index in [1.165, 1.54) is 25.3 Å². The quantitative estimate of drug-likeness (QED) is 0.481. The van der Waals surface area contributed by atoms with Gasteiger partial charge in [-0.3, -0.25) is 0 Å². The number of methoxy groups -OCH3 is 1. The zero-order valence-corrected chi connectivity index (χ0v) is 13.7. The van der Waals surface area contributed by atoms with Gasteiger partial charge >= 0.3 is 12.3 Å². The molecule has 9 heteroatoms. The van der Waals surface area contributed by atoms with E-state index in [1.54, 1.807) is 24.3 Å². The second-order valence-corrected chi connectivity index (χ2v) is 5.06. The van der Waals surface area contributed by atoms with Crippen molar-refractivity contribution in [3.05, 3.63) is 59.7 Å². The molecule has 0 fully saturated rings. The van der Waals surface area contributed by atoms with Gasteiger partial charge in [0.05, 0.1) is 24.9 Å². The number of hydrogen-bond donors (Lipinski definition) is 2. The first kappa shape index (κ1) is 19.1. The number of para-hydroxylation sites is 2. The summed E-state index contributed by atoms with van der Waals surface area (Å²) in [6.45, 7) is 0.117. The Hall–Kier alpha value is -3.23. The van der Waals surface area contributed by atoms with Gasteiger partial charge in [-0.2, -0.15) is 0 Å². The van der Waals surface area contributed by atoms with Gasteiger partial charge in [0, 0.05) is 0 Å². The van der Waals surface area contributed by atoms with Gasteiger partial charge < -0.3 is 20.5 Å². The van der Waals surface area contributed by atoms with Gasteiger partial charge in [-0.25, -0.2) is 9.79 Å². The van der Waals surface area contributed by atoms with Crippen molar-refractivity contribution in [2.45, 2.75) is 12.9 Å². The number of carbonyl (C=O) groups excluding carboxylic acids is 1. The number of nitrogens with one attached hydrogen (secondary N) is 1. The summed E-state index contributed by atoms with van der Waals surface area (Å²) in [5.41, 5.74) is 6.78. The number of aliphatic imine (C=N–C) groups is 1. The maximum Gasteiger partial charge on any atom is 0.573 e. The molecule has 2 rings (SSSR count). The Morgan fingerprint density at radius 1 is 1.19 bits per heavy atom. The van der Waals surface area contributed by atoms with Gasteiger partial charge in [0.2, 0.25) is 0 Å². The van der Waals surface area contributed by atoms with Crippen LogP contribution in [0.5, 0.6) is 5.75 Å². The van der Waals surface area contributed by atoms with Gasteiger partial charge in [0.15, 0.2) is 11.7 Å². The smallest absolute Gasteiger partial charge is 0.465 e. The molecule has 0 bridgehead atoms. The van der Waals surface area contributed by atoms with Crippen LogP contribution < -0.4 is 15.8 Å². The molecule has 3 N–H and O–H groups in total. The van der Waals surface area contributed by atoms with E-state index in [2.05, 4.69) is 19.8 Å². The number of benzene rings is 2. The molecule has 0 aliphatic carbocycles. The van der Waals surface area contributed by atoms with Gasteiger partial charge in [0.25, 0.3) is 0 Å². The van der Waals surface area contributed by atoms with Crippen LogP contribution in [0.1, 0.15) is 15.9 Å². The van der Waals surface area contributed by atoms with Crippen LogP contribution in [0.15, 0.2) is 53.5 Å². The average Bonchev–Trinajstić information content (AvgIpc) is 2.60. The SMILES string of the molecule is COC(=O)c1cccc(CN=C(N)Nc2ccccc2OC(F)(F)F)c1. The predicted octanol–water partition coefficient (Wildman–Crippen LogP) is 3.30. The minimum Gasteiger partial charge on any atom is -0.465 e. The lowest BCUT2D eigenvalue weighted by atomic mass is 10.1. The van der Waals surface area contributed by atoms with Crippen molar-refractivity contribution in [3.8, 4) is 5.75 Å². The number of halogens is 3. The Morgan fingerprint density at radius 3 is 2.62 bits per heavy atom. The molecule has 0 saturated heterocycles. The molecule has 0 aliphatic heterocycles. The lowest BCUT2D eigenvalue weighted by Gasteiger charge is -2.14. The molecule has 2 aromatic carbocycles. The average molecular weight is 367 g/mol. The number of carbonyl (C=O) groups is 1. The van der Waals surface area contributed by atoms with Crippen LogP contribution in [-0.4, -0.2) is 25.4 Å². The van der Waals surface area contributed by atoms with Crippen LogP contribution in [0, 0.1) is 0 Å². The fourth-order valence-corrected chi connectivity index (χ4v) is 2.05. The molecule has 0 aromatic heterocycles. The fraction of sp³-hybridized carbons (Fsp3) is 0.176. The van der Waals surface area contributed by atoms with Crippen LogP contribution >= 0.6 is 0 Å². The molecule has 0 spiro atoms. The molecule has 0 aliphatic rings. The number of nitrogens with zero attached hydrogens (tertiary/aromatic N) is 1. The van der Waals surface area contributed by atoms with Gasteiger partial charge in [-0.05, 0) is 29.8 Å². The molecule has 6 nitrogen and oxygen atoms in total. The van der Waals surface area contributed by atoms with Crippen molar-refractivity contribution in [2.24, 2.45) is 10.7 Å². The van der Waals surface area contributed by atoms with Crippen LogP contribution in [0.2, 0.25) is 0 Å². The molecule has 0 heterocycles. The third kappa shape index (κ3) is 5.69. The first-order valence-electron chi connectivity index (χ1n) is 7.37. The van der Waals surface area contributed by atoms with E-state index in [-0.39, 0.29) is 18.2 Å². The molecule has 0 radical (unpaired) electrons. The maximum absolute atomic E-state index is 12.4. The Morgan fingerprint density at radius 2 is 1.92 bits per heavy atom. The summed E-state index contributed by atoms with van der Waals surface area (Å²) in [6.07, 6.45) is -4.82. The Kier molecular flexibility index (Phi) is 6.05. The number of rotatable bonds is 5. The van der Waals surface area contributed by atoms with Crippen molar-refractivity contribution < 1.29 is 27.4 Å². The Bertz CT molecular complexity index is 807. The second-order valence-electron chi connectivity index (χ2n) is 5.06. The highest BCUT2D eigenvalue weighted by atomic mass is 19.4. The minimum atomic E-state index is -4.82. The van der Waals surface area contributed by atoms with Crippen molar-refractivity contribution in [2.75, 3.05) is 12.4 Å². The van der Waals surface area contributed by atoms with Crippen molar-refractivity contribution in [1.82, 2.24) is 0 Å². The summed E-state index contributed by atoms with van der Waals surface area (Å²) in [5.74, 6) is -1.02. The normalized spacial score (nSPS) is 11.8. The number of alkyl halides is 3. The van der Waals surface area contributed by atoms with Crippen LogP contribution in [0.25, 0.3) is 0 Å². The molecule has 0 unspecified atom stereocenters. The van der Waals surface area contributed by atoms with E-state index in [1.807, 2.05) is 0 Å². The molecule has 0 saturated carbocycles. The number of nitrogens with two attached hydrogens (primary N) is 1. The summed E-state index contributed by atoms with van der Waals surface area (Å²) in [7, 11) is 1.27. The number of anilines is 1. The van der Waals surface area contributed by atoms with Crippen LogP contribution in [0.3, 0.4) is 0 Å². The van der Waals surface area contributed by atoms with E-state index < -0.39 is 18.1 Å². The van der Waals surface area contributed by atoms with E-state index >= 15 is 0 Å². The number of esters is 1. The highest BCUT2D eigenvalue weighted by Crippen LogP contribution is 2.29. The standard InChI is InChI=1S/C17H16F3N3O3/c1-25-15(24)12-6-4-5-11(9-12)10-22-16(21)23-13-7-2-3-8-14(13)26-17(18,19)20/h2-9H,10H2,1H3,(H3,21,22,23). The molecular weight excluding hydrogens is 351 g/mol. The maximum atomic E-state index is 12.4. The Labute approximate surface area is 147 Å². The van der Waals surface area contributed by atoms with E-state index in [4.69, 9.17) is 5.73 Å². The molecular formula is C17H16F3N3O3. The van der Waals surface area contributed by atoms with Gasteiger partial charge in [-0.15, -0.1) is 13.2 Å². The summed E-state index contributed by atoms with van der Waals surface area (Å²) in [5, 5.41) is 2.56. The summed E-state index contributed by atoms with van der Waals surface area (Å²) < 4.78 is 45.8. The van der Waals surface area contributed by atoms with Crippen LogP contribution in [0.4, 0.5) is 18.9 Å². The molecule has 0 atom stereocenters. The van der Waals surface area contributed by atoms with E-state index in [0.29, 0.717) is 11.1 Å². The fourth-order valence-electron chi connectivity index (χ4n) is 2.05. The predicted molar refractivity (Wildman–Crippen MR) is 89.9 cm³/mol. The number of hydrogen-bond acceptors (Lipinski definition) is 4. The van der Waals surface area contributed by atoms with E-state index in [9.17, 15) is 18.0 Å². The zero-order chi connectivity index (χ0) is 19.2. The summed E-state index contributed by atoms with van der Waals surface area (Å²) in [4.78, 5) is 15.5. The van der Waals surface area contributed by atoms with Crippen LogP contribution in [-0.2, 0) is 11.3 Å². The second kappa shape index (κ2) is 8.24.